The monoisotopic (exact) mass is 804 g/mol. The Morgan fingerprint density at radius 2 is 0.952 bits per heavy atom. The first-order chi connectivity index (χ1) is 17.4. The van der Waals surface area contributed by atoms with Crippen molar-refractivity contribution in [2.24, 2.45) is 9.98 Å². The van der Waals surface area contributed by atoms with Gasteiger partial charge in [-0.3, -0.25) is 9.98 Å². The fourth-order valence-corrected chi connectivity index (χ4v) is 2.17. The van der Waals surface area contributed by atoms with E-state index in [0.717, 1.165) is 0 Å². The molecule has 2 aromatic carbocycles. The topological polar surface area (TPSA) is 384 Å². The average Bonchev–Trinajstić information content (AvgIpc) is 2.79. The molecule has 0 bridgehead atoms. The molecule has 0 fully saturated rings. The summed E-state index contributed by atoms with van der Waals surface area (Å²) in [7, 11) is 2.93. The van der Waals surface area contributed by atoms with Gasteiger partial charge in [-0.25, -0.2) is 0 Å². The van der Waals surface area contributed by atoms with Crippen molar-refractivity contribution in [1.29, 1.82) is 0 Å². The summed E-state index contributed by atoms with van der Waals surface area (Å²) in [6, 6.07) is 10.1. The van der Waals surface area contributed by atoms with Crippen LogP contribution >= 0.6 is 0 Å². The molecule has 0 spiro atoms. The van der Waals surface area contributed by atoms with Crippen LogP contribution in [0.25, 0.3) is 0 Å². The van der Waals surface area contributed by atoms with Crippen LogP contribution < -0.4 is 19.7 Å². The molecule has 0 heterocycles. The molecule has 42 heavy (non-hydrogen) atoms. The number of hydrogen-bond acceptors (Lipinski definition) is 15. The number of ether oxygens (including phenoxy) is 2. The van der Waals surface area contributed by atoms with E-state index in [9.17, 15) is 10.2 Å². The number of methoxy groups -OCH3 is 2. The maximum absolute atomic E-state index is 11.9. The van der Waals surface area contributed by atoms with Gasteiger partial charge in [0.1, 0.15) is 11.5 Å². The van der Waals surface area contributed by atoms with Crippen LogP contribution in [0.2, 0.25) is 0 Å². The molecule has 234 valence electrons. The summed E-state index contributed by atoms with van der Waals surface area (Å²) < 4.78 is 9.97. The van der Waals surface area contributed by atoms with Gasteiger partial charge >= 0.3 is 58.1 Å². The summed E-state index contributed by atoms with van der Waals surface area (Å²) in [6.45, 7) is 1.08. The SMILES string of the molecule is COc1cccc(C=NCCCN=Cc2cccc(OC)c2[O-])c1[O-].O.O.O=[N+]([O-])[O-].O=[N+]([O-])[O-].O=[N+]([O-])[O-].[OH3+].[Tb+3].[Zn+2]. The van der Waals surface area contributed by atoms with Gasteiger partial charge in [-0.05, 0) is 29.7 Å². The van der Waals surface area contributed by atoms with Crippen molar-refractivity contribution in [3.8, 4) is 23.0 Å². The Bertz CT molecular complexity index is 961. The molecule has 23 heteroatoms. The normalized spacial score (nSPS) is 8.43. The predicted molar refractivity (Wildman–Crippen MR) is 138 cm³/mol. The zero-order valence-electron chi connectivity index (χ0n) is 21.9. The number of nitrogens with zero attached hydrogens (tertiary/aromatic N) is 5. The van der Waals surface area contributed by atoms with Crippen LogP contribution in [0.15, 0.2) is 46.4 Å². The molecule has 0 saturated heterocycles. The molecule has 0 saturated carbocycles. The molecule has 0 aliphatic carbocycles. The molecule has 7 N–H and O–H groups in total. The molecule has 2 rings (SSSR count). The van der Waals surface area contributed by atoms with Crippen molar-refractivity contribution >= 4 is 12.4 Å². The first-order valence-corrected chi connectivity index (χ1v) is 9.49. The fourth-order valence-electron chi connectivity index (χ4n) is 2.17. The Morgan fingerprint density at radius 3 is 1.19 bits per heavy atom. The number of aliphatic imine (C=N–C) groups is 2. The summed E-state index contributed by atoms with van der Waals surface area (Å²) in [5, 5.41) is 68.1. The van der Waals surface area contributed by atoms with E-state index >= 15 is 0 Å². The third-order valence-corrected chi connectivity index (χ3v) is 3.49. The molecule has 2 aromatic rings. The largest absolute Gasteiger partial charge is 3.00 e. The van der Waals surface area contributed by atoms with Crippen LogP contribution in [-0.2, 0) is 25.0 Å². The van der Waals surface area contributed by atoms with Crippen LogP contribution in [0, 0.1) is 84.6 Å². The maximum atomic E-state index is 11.9. The van der Waals surface area contributed by atoms with Crippen molar-refractivity contribution in [2.75, 3.05) is 27.3 Å². The summed E-state index contributed by atoms with van der Waals surface area (Å²) in [5.41, 5.74) is 0.991. The van der Waals surface area contributed by atoms with Gasteiger partial charge in [0, 0.05) is 25.5 Å². The zero-order chi connectivity index (χ0) is 28.8. The number of para-hydroxylation sites is 2. The fraction of sp³-hybridized carbons (Fsp3) is 0.263. The van der Waals surface area contributed by atoms with E-state index in [1.54, 1.807) is 48.8 Å². The molecular weight excluding hydrogens is 779 g/mol. The Morgan fingerprint density at radius 1 is 0.690 bits per heavy atom. The van der Waals surface area contributed by atoms with Crippen molar-refractivity contribution in [3.63, 3.8) is 0 Å². The quantitative estimate of drug-likeness (QED) is 0.0732. The van der Waals surface area contributed by atoms with Crippen LogP contribution in [0.3, 0.4) is 0 Å². The number of rotatable bonds is 8. The molecule has 0 atom stereocenters. The Hall–Kier alpha value is -3.63. The molecule has 0 unspecified atom stereocenters. The van der Waals surface area contributed by atoms with E-state index in [-0.39, 0.29) is 86.0 Å². The first-order valence-electron chi connectivity index (χ1n) is 9.49. The smallest absolute Gasteiger partial charge is 0.870 e. The molecule has 0 aromatic heterocycles. The summed E-state index contributed by atoms with van der Waals surface area (Å²) in [4.78, 5) is 33.2. The van der Waals surface area contributed by atoms with E-state index in [2.05, 4.69) is 9.98 Å². The molecule has 0 amide bonds. The number of benzene rings is 2. The second kappa shape index (κ2) is 33.6. The zero-order valence-corrected chi connectivity index (χ0v) is 27.0. The minimum absolute atomic E-state index is 0. The van der Waals surface area contributed by atoms with E-state index in [4.69, 9.17) is 55.4 Å². The van der Waals surface area contributed by atoms with Gasteiger partial charge in [0.15, 0.2) is 0 Å². The van der Waals surface area contributed by atoms with E-state index < -0.39 is 15.3 Å². The van der Waals surface area contributed by atoms with Crippen LogP contribution in [0.5, 0.6) is 23.0 Å². The maximum Gasteiger partial charge on any atom is 3.00 e. The van der Waals surface area contributed by atoms with Gasteiger partial charge in [0.25, 0.3) is 0 Å². The van der Waals surface area contributed by atoms with Crippen molar-refractivity contribution < 1.29 is 109 Å². The third-order valence-electron chi connectivity index (χ3n) is 3.49. The molecule has 0 aliphatic rings. The predicted octanol–water partition coefficient (Wildman–Crippen LogP) is -1.51. The van der Waals surface area contributed by atoms with Crippen molar-refractivity contribution in [2.45, 2.75) is 6.42 Å². The Labute approximate surface area is 280 Å². The number of hydrogen-bond donors (Lipinski definition) is 0. The van der Waals surface area contributed by atoms with Crippen molar-refractivity contribution in [1.82, 2.24) is 0 Å². The molecule has 0 radical (unpaired) electrons. The molecule has 0 aliphatic heterocycles. The Kier molecular flexibility index (Phi) is 43.5. The standard InChI is InChI=1S/C19H22N2O4.3NO3.3H2O.Tb.Zn/c1-24-16-8-3-6-14(18(16)22)12-20-10-5-11-21-13-15-7-4-9-17(25-2)19(15)23;3*2-1(3)4;;;;;/h3-4,6-9,12-13,22-23H,5,10-11H2,1-2H3;;;;3*1H2;;/q;3*-1;;;;+3;+2/p-1. The van der Waals surface area contributed by atoms with Gasteiger partial charge in [-0.15, -0.1) is 0 Å². The molecule has 21 nitrogen and oxygen atoms in total. The van der Waals surface area contributed by atoms with Crippen molar-refractivity contribution in [3.05, 3.63) is 93.5 Å². The summed E-state index contributed by atoms with van der Waals surface area (Å²) >= 11 is 0. The van der Waals surface area contributed by atoms with Crippen LogP contribution in [-0.4, -0.2) is 66.0 Å². The second-order valence-corrected chi connectivity index (χ2v) is 5.85. The summed E-state index contributed by atoms with van der Waals surface area (Å²) in [5.74, 6) is 0.265. The Balaban J connectivity index is -0.000000124. The minimum atomic E-state index is -1.75. The van der Waals surface area contributed by atoms with Gasteiger partial charge in [-0.2, -0.15) is 0 Å². The van der Waals surface area contributed by atoms with Crippen LogP contribution in [0.1, 0.15) is 17.5 Å². The average molecular weight is 806 g/mol. The molecular formula is C19H27N5O16TbZn+. The van der Waals surface area contributed by atoms with E-state index in [1.807, 2.05) is 0 Å². The third kappa shape index (κ3) is 30.9. The van der Waals surface area contributed by atoms with Gasteiger partial charge < -0.3 is 82.1 Å². The van der Waals surface area contributed by atoms with E-state index in [1.165, 1.54) is 14.2 Å². The van der Waals surface area contributed by atoms with E-state index in [0.29, 0.717) is 42.1 Å². The van der Waals surface area contributed by atoms with Gasteiger partial charge in [0.2, 0.25) is 0 Å². The second-order valence-electron chi connectivity index (χ2n) is 5.85. The summed E-state index contributed by atoms with van der Waals surface area (Å²) in [6.07, 6.45) is 3.81. The first kappa shape index (κ1) is 54.5. The van der Waals surface area contributed by atoms with Gasteiger partial charge in [0.05, 0.1) is 29.5 Å². The van der Waals surface area contributed by atoms with Gasteiger partial charge in [-0.1, -0.05) is 35.8 Å². The minimum Gasteiger partial charge on any atom is -0.870 e. The van der Waals surface area contributed by atoms with Crippen LogP contribution in [0.4, 0.5) is 0 Å².